The molecule has 3 heteroatoms. The predicted molar refractivity (Wildman–Crippen MR) is 47.9 cm³/mol. The van der Waals surface area contributed by atoms with Crippen molar-refractivity contribution in [3.05, 3.63) is 0 Å². The van der Waals surface area contributed by atoms with Crippen molar-refractivity contribution in [2.45, 2.75) is 37.8 Å². The van der Waals surface area contributed by atoms with Crippen molar-refractivity contribution in [3.8, 4) is 12.3 Å². The maximum atomic E-state index is 9.33. The first-order valence-corrected chi connectivity index (χ1v) is 3.92. The molecule has 0 fully saturated rings. The van der Waals surface area contributed by atoms with Gasteiger partial charge in [-0.15, -0.1) is 6.42 Å². The lowest BCUT2D eigenvalue weighted by atomic mass is 9.76. The summed E-state index contributed by atoms with van der Waals surface area (Å²) >= 11 is 0. The van der Waals surface area contributed by atoms with Crippen LogP contribution in [-0.4, -0.2) is 29.7 Å². The molecule has 0 radical (unpaired) electrons. The quantitative estimate of drug-likeness (QED) is 0.423. The molecular formula is C8H15BO2. The fourth-order valence-corrected chi connectivity index (χ4v) is 0.775. The maximum Gasteiger partial charge on any atom is 0.162 e. The Morgan fingerprint density at radius 1 is 1.73 bits per heavy atom. The van der Waals surface area contributed by atoms with Gasteiger partial charge in [-0.05, 0) is 6.42 Å². The summed E-state index contributed by atoms with van der Waals surface area (Å²) in [7, 11) is 1.45. The number of hydrogen-bond acceptors (Lipinski definition) is 2. The minimum Gasteiger partial charge on any atom is -0.390 e. The fourth-order valence-electron chi connectivity index (χ4n) is 0.775. The van der Waals surface area contributed by atoms with Crippen LogP contribution < -0.4 is 0 Å². The van der Waals surface area contributed by atoms with E-state index in [0.29, 0.717) is 6.42 Å². The van der Waals surface area contributed by atoms with Crippen molar-refractivity contribution in [2.24, 2.45) is 0 Å². The number of aliphatic hydroxyl groups excluding tert-OH is 1. The Morgan fingerprint density at radius 3 is 2.64 bits per heavy atom. The van der Waals surface area contributed by atoms with Crippen LogP contribution in [-0.2, 0) is 0 Å². The van der Waals surface area contributed by atoms with E-state index in [4.69, 9.17) is 6.42 Å². The first kappa shape index (κ1) is 10.5. The van der Waals surface area contributed by atoms with Crippen molar-refractivity contribution in [1.29, 1.82) is 0 Å². The average Bonchev–Trinajstić information content (AvgIpc) is 2.00. The Hall–Kier alpha value is -0.455. The van der Waals surface area contributed by atoms with E-state index in [1.807, 2.05) is 6.92 Å². The zero-order valence-electron chi connectivity index (χ0n) is 7.17. The van der Waals surface area contributed by atoms with Crippen LogP contribution in [0.2, 0.25) is 0 Å². The van der Waals surface area contributed by atoms with Crippen LogP contribution in [0.4, 0.5) is 0 Å². The summed E-state index contributed by atoms with van der Waals surface area (Å²) in [4.78, 5) is 0. The second-order valence-corrected chi connectivity index (χ2v) is 2.95. The van der Waals surface area contributed by atoms with Crippen LogP contribution in [0, 0.1) is 12.3 Å². The summed E-state index contributed by atoms with van der Waals surface area (Å²) in [5.41, 5.74) is -1.37. The van der Waals surface area contributed by atoms with E-state index in [9.17, 15) is 10.2 Å². The lowest BCUT2D eigenvalue weighted by Gasteiger charge is -2.23. The van der Waals surface area contributed by atoms with E-state index in [-0.39, 0.29) is 0 Å². The first-order chi connectivity index (χ1) is 5.04. The highest BCUT2D eigenvalue weighted by Gasteiger charge is 2.26. The molecule has 2 nitrogen and oxygen atoms in total. The summed E-state index contributed by atoms with van der Waals surface area (Å²) < 4.78 is 0. The highest BCUT2D eigenvalue weighted by atomic mass is 16.3. The molecule has 0 heterocycles. The van der Waals surface area contributed by atoms with Gasteiger partial charge in [0.15, 0.2) is 7.85 Å². The molecule has 0 aliphatic carbocycles. The largest absolute Gasteiger partial charge is 0.390 e. The molecule has 2 atom stereocenters. The third kappa shape index (κ3) is 3.45. The third-order valence-electron chi connectivity index (χ3n) is 1.77. The number of rotatable bonds is 4. The summed E-state index contributed by atoms with van der Waals surface area (Å²) in [6.45, 7) is 2.03. The zero-order valence-corrected chi connectivity index (χ0v) is 7.17. The minimum atomic E-state index is -1.37. The Labute approximate surface area is 69.0 Å². The molecule has 2 unspecified atom stereocenters. The van der Waals surface area contributed by atoms with Crippen LogP contribution in [0.5, 0.6) is 0 Å². The predicted octanol–water partition coefficient (Wildman–Crippen LogP) is -0.508. The summed E-state index contributed by atoms with van der Waals surface area (Å²) in [5, 5.41) is 18.6. The van der Waals surface area contributed by atoms with Gasteiger partial charge in [-0.2, -0.15) is 0 Å². The Kier molecular flexibility index (Phi) is 4.25. The topological polar surface area (TPSA) is 40.5 Å². The van der Waals surface area contributed by atoms with Crippen molar-refractivity contribution in [1.82, 2.24) is 0 Å². The molecule has 0 spiro atoms. The number of unbranched alkanes of at least 4 members (excludes halogenated alkanes) is 1. The van der Waals surface area contributed by atoms with Gasteiger partial charge < -0.3 is 10.2 Å². The van der Waals surface area contributed by atoms with Gasteiger partial charge in [-0.3, -0.25) is 0 Å². The fraction of sp³-hybridized carbons (Fsp3) is 0.750. The molecule has 0 saturated heterocycles. The molecule has 0 aromatic rings. The van der Waals surface area contributed by atoms with E-state index >= 15 is 0 Å². The molecule has 2 N–H and O–H groups in total. The van der Waals surface area contributed by atoms with Crippen molar-refractivity contribution < 1.29 is 10.2 Å². The van der Waals surface area contributed by atoms with Crippen molar-refractivity contribution in [3.63, 3.8) is 0 Å². The van der Waals surface area contributed by atoms with E-state index in [1.54, 1.807) is 0 Å². The average molecular weight is 154 g/mol. The normalized spacial score (nSPS) is 18.4. The number of terminal acetylenes is 1. The molecule has 0 saturated carbocycles. The van der Waals surface area contributed by atoms with Crippen LogP contribution in [0.25, 0.3) is 0 Å². The molecule has 0 rings (SSSR count). The monoisotopic (exact) mass is 154 g/mol. The molecule has 62 valence electrons. The van der Waals surface area contributed by atoms with Crippen molar-refractivity contribution >= 4 is 7.85 Å². The Balaban J connectivity index is 3.83. The van der Waals surface area contributed by atoms with E-state index in [0.717, 1.165) is 12.8 Å². The van der Waals surface area contributed by atoms with E-state index in [1.165, 1.54) is 7.85 Å². The summed E-state index contributed by atoms with van der Waals surface area (Å²) in [5.74, 6) is 2.16. The van der Waals surface area contributed by atoms with Gasteiger partial charge in [0.2, 0.25) is 0 Å². The van der Waals surface area contributed by atoms with Crippen LogP contribution in [0.1, 0.15) is 26.2 Å². The standard InChI is InChI=1S/C8H15BO2/c1-3-5-6-7(10)8(9,11)4-2/h2,7,10-11H,3,5-6,9H2,1H3. The molecule has 0 aromatic heterocycles. The molecule has 0 aliphatic rings. The molecule has 0 aromatic carbocycles. The lowest BCUT2D eigenvalue weighted by Crippen LogP contribution is -2.41. The number of aliphatic hydroxyl groups is 2. The Bertz CT molecular complexity index is 149. The highest BCUT2D eigenvalue weighted by molar-refractivity contribution is 6.17. The second-order valence-electron chi connectivity index (χ2n) is 2.95. The van der Waals surface area contributed by atoms with Crippen LogP contribution >= 0.6 is 0 Å². The van der Waals surface area contributed by atoms with Crippen LogP contribution in [0.3, 0.4) is 0 Å². The van der Waals surface area contributed by atoms with Crippen LogP contribution in [0.15, 0.2) is 0 Å². The van der Waals surface area contributed by atoms with E-state index < -0.39 is 11.6 Å². The van der Waals surface area contributed by atoms with E-state index in [2.05, 4.69) is 5.92 Å². The molecule has 0 amide bonds. The SMILES string of the molecule is BC(O)(C#C)C(O)CCCC. The van der Waals surface area contributed by atoms with Gasteiger partial charge >= 0.3 is 0 Å². The van der Waals surface area contributed by atoms with Gasteiger partial charge in [0.1, 0.15) is 5.50 Å². The highest BCUT2D eigenvalue weighted by Crippen LogP contribution is 2.11. The van der Waals surface area contributed by atoms with Gasteiger partial charge in [0, 0.05) is 0 Å². The summed E-state index contributed by atoms with van der Waals surface area (Å²) in [6, 6.07) is 0. The van der Waals surface area contributed by atoms with Crippen molar-refractivity contribution in [2.75, 3.05) is 0 Å². The van der Waals surface area contributed by atoms with Gasteiger partial charge in [0.05, 0.1) is 6.10 Å². The molecular weight excluding hydrogens is 139 g/mol. The second kappa shape index (κ2) is 4.43. The van der Waals surface area contributed by atoms with Gasteiger partial charge in [-0.25, -0.2) is 0 Å². The van der Waals surface area contributed by atoms with Gasteiger partial charge in [0.25, 0.3) is 0 Å². The summed E-state index contributed by atoms with van der Waals surface area (Å²) in [6.07, 6.45) is 6.67. The first-order valence-electron chi connectivity index (χ1n) is 3.92. The molecule has 0 aliphatic heterocycles. The molecule has 0 bridgehead atoms. The smallest absolute Gasteiger partial charge is 0.162 e. The minimum absolute atomic E-state index is 0.563. The maximum absolute atomic E-state index is 9.33. The number of hydrogen-bond donors (Lipinski definition) is 2. The zero-order chi connectivity index (χ0) is 8.91. The molecule has 11 heavy (non-hydrogen) atoms. The third-order valence-corrected chi connectivity index (χ3v) is 1.77. The Morgan fingerprint density at radius 2 is 2.27 bits per heavy atom. The lowest BCUT2D eigenvalue weighted by molar-refractivity contribution is 0.0188. The van der Waals surface area contributed by atoms with Gasteiger partial charge in [-0.1, -0.05) is 25.7 Å².